The molecule has 5 nitrogen and oxygen atoms in total. The summed E-state index contributed by atoms with van der Waals surface area (Å²) in [6, 6.07) is 0. The van der Waals surface area contributed by atoms with Crippen LogP contribution in [0.15, 0.2) is 0 Å². The lowest BCUT2D eigenvalue weighted by Gasteiger charge is -2.23. The number of alkyl halides is 2. The van der Waals surface area contributed by atoms with Crippen LogP contribution >= 0.6 is 0 Å². The maximum atomic E-state index is 12.2. The zero-order chi connectivity index (χ0) is 12.8. The van der Waals surface area contributed by atoms with Crippen molar-refractivity contribution in [2.24, 2.45) is 0 Å². The number of aliphatic hydroxyl groups excluding tert-OH is 1. The summed E-state index contributed by atoms with van der Waals surface area (Å²) in [5.41, 5.74) is 0. The molecule has 7 heteroatoms. The molecule has 0 aliphatic carbocycles. The molecule has 0 aromatic heterocycles. The third kappa shape index (κ3) is 4.35. The molecule has 2 amide bonds. The van der Waals surface area contributed by atoms with Crippen LogP contribution in [-0.2, 0) is 9.59 Å². The number of likely N-dealkylation sites (tertiary alicyclic amines) is 1. The van der Waals surface area contributed by atoms with Gasteiger partial charge >= 0.3 is 0 Å². The van der Waals surface area contributed by atoms with Gasteiger partial charge in [-0.15, -0.1) is 0 Å². The van der Waals surface area contributed by atoms with Crippen LogP contribution in [0.1, 0.15) is 12.8 Å². The SMILES string of the molecule is O=C1CCC(=O)N1CCN(CCO)CC(F)F. The molecule has 0 unspecified atom stereocenters. The summed E-state index contributed by atoms with van der Waals surface area (Å²) in [6.07, 6.45) is -2.09. The molecule has 1 saturated heterocycles. The molecule has 1 aliphatic heterocycles. The monoisotopic (exact) mass is 250 g/mol. The topological polar surface area (TPSA) is 60.9 Å². The summed E-state index contributed by atoms with van der Waals surface area (Å²) in [6.45, 7) is -0.293. The molecule has 1 fully saturated rings. The summed E-state index contributed by atoms with van der Waals surface area (Å²) in [4.78, 5) is 25.0. The standard InChI is InChI=1S/C10H16F2N2O3/c11-8(12)7-13(5-6-15)3-4-14-9(16)1-2-10(14)17/h8,15H,1-7H2. The molecule has 0 aromatic rings. The first kappa shape index (κ1) is 14.0. The molecular weight excluding hydrogens is 234 g/mol. The minimum Gasteiger partial charge on any atom is -0.395 e. The summed E-state index contributed by atoms with van der Waals surface area (Å²) < 4.78 is 24.4. The minimum atomic E-state index is -2.49. The molecule has 98 valence electrons. The number of hydrogen-bond acceptors (Lipinski definition) is 4. The number of imide groups is 1. The first-order valence-corrected chi connectivity index (χ1v) is 5.49. The average Bonchev–Trinajstić information content (AvgIpc) is 2.55. The molecule has 0 radical (unpaired) electrons. The van der Waals surface area contributed by atoms with Gasteiger partial charge in [-0.25, -0.2) is 8.78 Å². The fourth-order valence-corrected chi connectivity index (χ4v) is 1.74. The first-order chi connectivity index (χ1) is 8.04. The van der Waals surface area contributed by atoms with E-state index in [2.05, 4.69) is 0 Å². The van der Waals surface area contributed by atoms with E-state index in [-0.39, 0.29) is 50.9 Å². The lowest BCUT2D eigenvalue weighted by molar-refractivity contribution is -0.138. The maximum absolute atomic E-state index is 12.2. The van der Waals surface area contributed by atoms with E-state index in [1.54, 1.807) is 0 Å². The number of halogens is 2. The van der Waals surface area contributed by atoms with Gasteiger partial charge in [0.25, 0.3) is 6.43 Å². The van der Waals surface area contributed by atoms with Gasteiger partial charge < -0.3 is 5.11 Å². The Bertz CT molecular complexity index is 271. The predicted molar refractivity (Wildman–Crippen MR) is 55.5 cm³/mol. The summed E-state index contributed by atoms with van der Waals surface area (Å²) in [7, 11) is 0. The van der Waals surface area contributed by atoms with E-state index in [9.17, 15) is 18.4 Å². The molecule has 0 bridgehead atoms. The molecule has 1 heterocycles. The zero-order valence-corrected chi connectivity index (χ0v) is 9.44. The van der Waals surface area contributed by atoms with Gasteiger partial charge in [-0.3, -0.25) is 19.4 Å². The van der Waals surface area contributed by atoms with Crippen LogP contribution < -0.4 is 0 Å². The molecule has 0 spiro atoms. The Morgan fingerprint density at radius 1 is 1.24 bits per heavy atom. The smallest absolute Gasteiger partial charge is 0.251 e. The highest BCUT2D eigenvalue weighted by Gasteiger charge is 2.28. The van der Waals surface area contributed by atoms with Gasteiger partial charge in [-0.05, 0) is 0 Å². The lowest BCUT2D eigenvalue weighted by atomic mass is 10.4. The normalized spacial score (nSPS) is 16.6. The van der Waals surface area contributed by atoms with Crippen molar-refractivity contribution in [3.63, 3.8) is 0 Å². The Kier molecular flexibility index (Phi) is 5.43. The van der Waals surface area contributed by atoms with Gasteiger partial charge in [0, 0.05) is 32.5 Å². The van der Waals surface area contributed by atoms with E-state index < -0.39 is 13.0 Å². The third-order valence-corrected chi connectivity index (χ3v) is 2.61. The van der Waals surface area contributed by atoms with Crippen molar-refractivity contribution in [3.8, 4) is 0 Å². The van der Waals surface area contributed by atoms with Crippen LogP contribution in [-0.4, -0.2) is 65.9 Å². The lowest BCUT2D eigenvalue weighted by Crippen LogP contribution is -2.40. The Morgan fingerprint density at radius 3 is 2.29 bits per heavy atom. The van der Waals surface area contributed by atoms with Crippen LogP contribution in [0.25, 0.3) is 0 Å². The van der Waals surface area contributed by atoms with Crippen LogP contribution in [0.2, 0.25) is 0 Å². The second-order valence-corrected chi connectivity index (χ2v) is 3.85. The number of amides is 2. The summed E-state index contributed by atoms with van der Waals surface area (Å²) in [5.74, 6) is -0.507. The van der Waals surface area contributed by atoms with Gasteiger partial charge in [0.15, 0.2) is 0 Å². The fourth-order valence-electron chi connectivity index (χ4n) is 1.74. The molecule has 0 aromatic carbocycles. The van der Waals surface area contributed by atoms with Crippen LogP contribution in [0.4, 0.5) is 8.78 Å². The van der Waals surface area contributed by atoms with Gasteiger partial charge in [0.2, 0.25) is 11.8 Å². The molecule has 1 rings (SSSR count). The van der Waals surface area contributed by atoms with Gasteiger partial charge in [-0.2, -0.15) is 0 Å². The van der Waals surface area contributed by atoms with E-state index in [4.69, 9.17) is 5.11 Å². The molecule has 17 heavy (non-hydrogen) atoms. The zero-order valence-electron chi connectivity index (χ0n) is 9.44. The van der Waals surface area contributed by atoms with Crippen molar-refractivity contribution >= 4 is 11.8 Å². The number of hydrogen-bond donors (Lipinski definition) is 1. The van der Waals surface area contributed by atoms with Crippen LogP contribution in [0.5, 0.6) is 0 Å². The largest absolute Gasteiger partial charge is 0.395 e. The highest BCUT2D eigenvalue weighted by molar-refractivity contribution is 6.01. The number of nitrogens with zero attached hydrogens (tertiary/aromatic N) is 2. The van der Waals surface area contributed by atoms with Crippen LogP contribution in [0.3, 0.4) is 0 Å². The van der Waals surface area contributed by atoms with Crippen molar-refractivity contribution in [1.29, 1.82) is 0 Å². The molecule has 1 N–H and O–H groups in total. The quantitative estimate of drug-likeness (QED) is 0.630. The van der Waals surface area contributed by atoms with Crippen molar-refractivity contribution in [1.82, 2.24) is 9.80 Å². The van der Waals surface area contributed by atoms with Gasteiger partial charge in [-0.1, -0.05) is 0 Å². The average molecular weight is 250 g/mol. The number of carbonyl (C=O) groups is 2. The van der Waals surface area contributed by atoms with Gasteiger partial charge in [0.05, 0.1) is 13.2 Å². The van der Waals surface area contributed by atoms with E-state index in [1.165, 1.54) is 4.90 Å². The van der Waals surface area contributed by atoms with Gasteiger partial charge in [0.1, 0.15) is 0 Å². The maximum Gasteiger partial charge on any atom is 0.251 e. The second kappa shape index (κ2) is 6.61. The number of aliphatic hydroxyl groups is 1. The van der Waals surface area contributed by atoms with Crippen molar-refractivity contribution in [3.05, 3.63) is 0 Å². The van der Waals surface area contributed by atoms with E-state index >= 15 is 0 Å². The van der Waals surface area contributed by atoms with Crippen molar-refractivity contribution in [2.75, 3.05) is 32.8 Å². The van der Waals surface area contributed by atoms with Crippen molar-refractivity contribution in [2.45, 2.75) is 19.3 Å². The van der Waals surface area contributed by atoms with E-state index in [0.29, 0.717) is 0 Å². The second-order valence-electron chi connectivity index (χ2n) is 3.85. The molecular formula is C10H16F2N2O3. The number of rotatable bonds is 7. The first-order valence-electron chi connectivity index (χ1n) is 5.49. The Morgan fingerprint density at radius 2 is 1.82 bits per heavy atom. The molecule has 0 atom stereocenters. The molecule has 1 aliphatic rings. The predicted octanol–water partition coefficient (Wildman–Crippen LogP) is -0.305. The van der Waals surface area contributed by atoms with Crippen molar-refractivity contribution < 1.29 is 23.5 Å². The minimum absolute atomic E-state index is 0.112. The van der Waals surface area contributed by atoms with Crippen LogP contribution in [0, 0.1) is 0 Å². The highest BCUT2D eigenvalue weighted by Crippen LogP contribution is 2.11. The summed E-state index contributed by atoms with van der Waals surface area (Å²) >= 11 is 0. The highest BCUT2D eigenvalue weighted by atomic mass is 19.3. The Hall–Kier alpha value is -1.08. The molecule has 0 saturated carbocycles. The third-order valence-electron chi connectivity index (χ3n) is 2.61. The fraction of sp³-hybridized carbons (Fsp3) is 0.800. The van der Waals surface area contributed by atoms with E-state index in [0.717, 1.165) is 4.90 Å². The Labute approximate surface area is 98.0 Å². The number of carbonyl (C=O) groups excluding carboxylic acids is 2. The summed E-state index contributed by atoms with van der Waals surface area (Å²) in [5, 5.41) is 8.71. The van der Waals surface area contributed by atoms with E-state index in [1.807, 2.05) is 0 Å². The Balaban J connectivity index is 2.39.